The van der Waals surface area contributed by atoms with Gasteiger partial charge in [0.25, 0.3) is 0 Å². The zero-order valence-electron chi connectivity index (χ0n) is 14.3. The van der Waals surface area contributed by atoms with Gasteiger partial charge in [0.15, 0.2) is 0 Å². The number of halogens is 3. The standard InChI is InChI=1S/C18H19BF3O2.K/c20-19(21,22)13-5-2-6-14-24-18(23)17-11-9-16(10-12-17)15-7-3-1-4-8-15;/h1,3-4,7-12H,2,5-6,13-14H2;/q-1;+1. The zero-order chi connectivity index (χ0) is 17.4. The van der Waals surface area contributed by atoms with E-state index in [1.165, 1.54) is 0 Å². The maximum absolute atomic E-state index is 12.0. The van der Waals surface area contributed by atoms with Crippen LogP contribution in [0.15, 0.2) is 54.6 Å². The van der Waals surface area contributed by atoms with E-state index in [2.05, 4.69) is 0 Å². The van der Waals surface area contributed by atoms with E-state index >= 15 is 0 Å². The molecule has 0 spiro atoms. The first-order valence-corrected chi connectivity index (χ1v) is 7.99. The van der Waals surface area contributed by atoms with E-state index in [-0.39, 0.29) is 64.4 Å². The number of rotatable bonds is 8. The predicted octanol–water partition coefficient (Wildman–Crippen LogP) is 2.53. The minimum Gasteiger partial charge on any atom is -0.462 e. The van der Waals surface area contributed by atoms with Gasteiger partial charge in [-0.15, -0.1) is 0 Å². The molecule has 0 aliphatic carbocycles. The number of hydrogen-bond acceptors (Lipinski definition) is 2. The summed E-state index contributed by atoms with van der Waals surface area (Å²) in [5.41, 5.74) is 2.50. The Bertz CT molecular complexity index is 646. The van der Waals surface area contributed by atoms with E-state index < -0.39 is 19.3 Å². The summed E-state index contributed by atoms with van der Waals surface area (Å²) in [7, 11) is 0. The van der Waals surface area contributed by atoms with E-state index in [4.69, 9.17) is 4.74 Å². The van der Waals surface area contributed by atoms with Gasteiger partial charge in [0.05, 0.1) is 12.2 Å². The summed E-state index contributed by atoms with van der Waals surface area (Å²) in [4.78, 5) is 11.9. The van der Waals surface area contributed by atoms with E-state index in [0.29, 0.717) is 18.4 Å². The molecule has 0 atom stereocenters. The van der Waals surface area contributed by atoms with Crippen LogP contribution in [-0.4, -0.2) is 19.6 Å². The zero-order valence-corrected chi connectivity index (χ0v) is 17.4. The summed E-state index contributed by atoms with van der Waals surface area (Å²) in [5.74, 6) is -0.449. The Morgan fingerprint density at radius 3 is 2.04 bits per heavy atom. The topological polar surface area (TPSA) is 26.3 Å². The van der Waals surface area contributed by atoms with Gasteiger partial charge in [-0.3, -0.25) is 0 Å². The fourth-order valence-electron chi connectivity index (χ4n) is 2.33. The van der Waals surface area contributed by atoms with Crippen molar-refractivity contribution in [2.24, 2.45) is 0 Å². The summed E-state index contributed by atoms with van der Waals surface area (Å²) in [6, 6.07) is 16.9. The van der Waals surface area contributed by atoms with Crippen molar-refractivity contribution in [1.82, 2.24) is 0 Å². The third kappa shape index (κ3) is 8.55. The third-order valence-electron chi connectivity index (χ3n) is 3.64. The summed E-state index contributed by atoms with van der Waals surface area (Å²) >= 11 is 0. The molecule has 128 valence electrons. The Morgan fingerprint density at radius 1 is 0.840 bits per heavy atom. The Balaban J connectivity index is 0.00000312. The van der Waals surface area contributed by atoms with Crippen molar-refractivity contribution in [1.29, 1.82) is 0 Å². The molecule has 0 radical (unpaired) electrons. The van der Waals surface area contributed by atoms with Crippen LogP contribution in [0.3, 0.4) is 0 Å². The van der Waals surface area contributed by atoms with Gasteiger partial charge >= 0.3 is 64.3 Å². The van der Waals surface area contributed by atoms with Crippen LogP contribution in [-0.2, 0) is 4.74 Å². The van der Waals surface area contributed by atoms with Gasteiger partial charge in [-0.1, -0.05) is 61.6 Å². The molecule has 0 saturated carbocycles. The minimum absolute atomic E-state index is 0. The van der Waals surface area contributed by atoms with Gasteiger partial charge in [-0.25, -0.2) is 4.79 Å². The summed E-state index contributed by atoms with van der Waals surface area (Å²) < 4.78 is 41.2. The van der Waals surface area contributed by atoms with Gasteiger partial charge < -0.3 is 17.7 Å². The Hall–Kier alpha value is -0.599. The van der Waals surface area contributed by atoms with Crippen LogP contribution in [0.4, 0.5) is 12.9 Å². The predicted molar refractivity (Wildman–Crippen MR) is 89.9 cm³/mol. The Morgan fingerprint density at radius 2 is 1.44 bits per heavy atom. The number of carbonyl (C=O) groups is 1. The normalized spacial score (nSPS) is 10.8. The largest absolute Gasteiger partial charge is 1.00 e. The average Bonchev–Trinajstić information content (AvgIpc) is 2.58. The van der Waals surface area contributed by atoms with Crippen LogP contribution >= 0.6 is 0 Å². The smallest absolute Gasteiger partial charge is 0.462 e. The average molecular weight is 374 g/mol. The third-order valence-corrected chi connectivity index (χ3v) is 3.64. The molecule has 0 heterocycles. The van der Waals surface area contributed by atoms with Crippen molar-refractivity contribution in [3.05, 3.63) is 60.2 Å². The summed E-state index contributed by atoms with van der Waals surface area (Å²) in [6.45, 7) is -4.56. The number of esters is 1. The van der Waals surface area contributed by atoms with Gasteiger partial charge in [-0.2, -0.15) is 0 Å². The molecule has 2 nitrogen and oxygen atoms in total. The number of carbonyl (C=O) groups excluding carboxylic acids is 1. The van der Waals surface area contributed by atoms with E-state index in [9.17, 15) is 17.7 Å². The van der Waals surface area contributed by atoms with E-state index in [1.54, 1.807) is 12.1 Å². The van der Waals surface area contributed by atoms with Crippen molar-refractivity contribution in [3.63, 3.8) is 0 Å². The molecular formula is C18H19BF3KO2. The summed E-state index contributed by atoms with van der Waals surface area (Å²) in [5, 5.41) is 0. The van der Waals surface area contributed by atoms with Crippen molar-refractivity contribution in [2.75, 3.05) is 6.61 Å². The molecule has 0 bridgehead atoms. The molecule has 2 rings (SSSR count). The number of ether oxygens (including phenoxy) is 1. The SMILES string of the molecule is O=C(OCCCCC[B-](F)(F)F)c1ccc(-c2ccccc2)cc1.[K+]. The van der Waals surface area contributed by atoms with Crippen molar-refractivity contribution in [3.8, 4) is 11.1 Å². The molecular weight excluding hydrogens is 355 g/mol. The van der Waals surface area contributed by atoms with Crippen LogP contribution in [0.1, 0.15) is 29.6 Å². The van der Waals surface area contributed by atoms with Crippen molar-refractivity contribution in [2.45, 2.75) is 25.6 Å². The minimum atomic E-state index is -4.71. The second kappa shape index (κ2) is 11.2. The van der Waals surface area contributed by atoms with Gasteiger partial charge in [0.1, 0.15) is 0 Å². The van der Waals surface area contributed by atoms with Gasteiger partial charge in [-0.05, 0) is 29.7 Å². The quantitative estimate of drug-likeness (QED) is 0.403. The Labute approximate surface area is 188 Å². The van der Waals surface area contributed by atoms with Gasteiger partial charge in [0, 0.05) is 0 Å². The molecule has 0 amide bonds. The fourth-order valence-corrected chi connectivity index (χ4v) is 2.33. The van der Waals surface area contributed by atoms with Crippen LogP contribution in [0.25, 0.3) is 11.1 Å². The van der Waals surface area contributed by atoms with Gasteiger partial charge in [0.2, 0.25) is 0 Å². The molecule has 7 heteroatoms. The first-order chi connectivity index (χ1) is 11.5. The van der Waals surface area contributed by atoms with Crippen LogP contribution in [0, 0.1) is 0 Å². The molecule has 0 saturated heterocycles. The second-order valence-electron chi connectivity index (χ2n) is 5.64. The van der Waals surface area contributed by atoms with Crippen LogP contribution in [0.2, 0.25) is 6.32 Å². The van der Waals surface area contributed by atoms with E-state index in [1.807, 2.05) is 42.5 Å². The molecule has 0 aliphatic rings. The molecule has 0 fully saturated rings. The summed E-state index contributed by atoms with van der Waals surface area (Å²) in [6.07, 6.45) is 0.212. The van der Waals surface area contributed by atoms with E-state index in [0.717, 1.165) is 11.1 Å². The molecule has 0 N–H and O–H groups in total. The van der Waals surface area contributed by atoms with Crippen molar-refractivity contribution >= 4 is 12.9 Å². The second-order valence-corrected chi connectivity index (χ2v) is 5.64. The number of hydrogen-bond donors (Lipinski definition) is 0. The molecule has 0 aliphatic heterocycles. The maximum Gasteiger partial charge on any atom is 1.00 e. The van der Waals surface area contributed by atoms with Crippen LogP contribution < -0.4 is 51.4 Å². The fraction of sp³-hybridized carbons (Fsp3) is 0.278. The van der Waals surface area contributed by atoms with Crippen LogP contribution in [0.5, 0.6) is 0 Å². The molecule has 2 aromatic rings. The molecule has 25 heavy (non-hydrogen) atoms. The van der Waals surface area contributed by atoms with Crippen molar-refractivity contribution < 1.29 is 73.9 Å². The number of unbranched alkanes of at least 4 members (excludes halogenated alkanes) is 2. The first kappa shape index (κ1) is 22.4. The molecule has 2 aromatic carbocycles. The molecule has 0 unspecified atom stereocenters. The maximum atomic E-state index is 12.0. The monoisotopic (exact) mass is 374 g/mol. The number of benzene rings is 2. The molecule has 0 aromatic heterocycles. The Kier molecular flexibility index (Phi) is 10.0. The first-order valence-electron chi connectivity index (χ1n) is 7.99.